The first-order chi connectivity index (χ1) is 7.79. The van der Waals surface area contributed by atoms with E-state index in [1.54, 1.807) is 23.5 Å². The first kappa shape index (κ1) is 11.0. The third-order valence-electron chi connectivity index (χ3n) is 2.44. The molecule has 0 bridgehead atoms. The second-order valence-corrected chi connectivity index (χ2v) is 4.61. The van der Waals surface area contributed by atoms with Crippen molar-refractivity contribution in [2.45, 2.75) is 12.3 Å². The van der Waals surface area contributed by atoms with Gasteiger partial charge in [0, 0.05) is 10.8 Å². The molecule has 1 aromatic carbocycles. The van der Waals surface area contributed by atoms with Crippen LogP contribution in [0, 0.1) is 5.82 Å². The summed E-state index contributed by atoms with van der Waals surface area (Å²) < 4.78 is 13.0. The summed E-state index contributed by atoms with van der Waals surface area (Å²) in [4.78, 5) is 12.2. The third-order valence-corrected chi connectivity index (χ3v) is 3.34. The SMILES string of the molecule is O=CC(Cc1cccs1)c1cccc(F)c1. The highest BCUT2D eigenvalue weighted by Gasteiger charge is 2.12. The van der Waals surface area contributed by atoms with Gasteiger partial charge in [0.25, 0.3) is 0 Å². The lowest BCUT2D eigenvalue weighted by molar-refractivity contribution is -0.109. The van der Waals surface area contributed by atoms with Gasteiger partial charge in [-0.25, -0.2) is 4.39 Å². The van der Waals surface area contributed by atoms with E-state index in [-0.39, 0.29) is 11.7 Å². The Balaban J connectivity index is 2.19. The normalized spacial score (nSPS) is 12.3. The van der Waals surface area contributed by atoms with Gasteiger partial charge < -0.3 is 4.79 Å². The molecule has 2 rings (SSSR count). The van der Waals surface area contributed by atoms with Crippen molar-refractivity contribution in [3.63, 3.8) is 0 Å². The van der Waals surface area contributed by atoms with Crippen molar-refractivity contribution in [2.24, 2.45) is 0 Å². The van der Waals surface area contributed by atoms with Crippen LogP contribution in [0.5, 0.6) is 0 Å². The molecule has 0 fully saturated rings. The van der Waals surface area contributed by atoms with E-state index in [2.05, 4.69) is 0 Å². The van der Waals surface area contributed by atoms with Crippen LogP contribution in [0.2, 0.25) is 0 Å². The lowest BCUT2D eigenvalue weighted by Crippen LogP contribution is -2.03. The summed E-state index contributed by atoms with van der Waals surface area (Å²) in [5.74, 6) is -0.551. The van der Waals surface area contributed by atoms with Crippen LogP contribution < -0.4 is 0 Å². The third kappa shape index (κ3) is 2.55. The molecule has 1 atom stereocenters. The Labute approximate surface area is 97.6 Å². The topological polar surface area (TPSA) is 17.1 Å². The minimum atomic E-state index is -0.296. The first-order valence-electron chi connectivity index (χ1n) is 5.03. The first-order valence-corrected chi connectivity index (χ1v) is 5.90. The van der Waals surface area contributed by atoms with Gasteiger partial charge in [0.05, 0.1) is 0 Å². The molecule has 1 nitrogen and oxygen atoms in total. The van der Waals surface area contributed by atoms with E-state index < -0.39 is 0 Å². The zero-order valence-corrected chi connectivity index (χ0v) is 9.41. The summed E-state index contributed by atoms with van der Waals surface area (Å²) in [6.07, 6.45) is 1.53. The maximum atomic E-state index is 13.0. The molecule has 3 heteroatoms. The molecule has 0 amide bonds. The minimum absolute atomic E-state index is 0.255. The molecule has 0 N–H and O–H groups in total. The summed E-state index contributed by atoms with van der Waals surface area (Å²) in [6, 6.07) is 10.2. The van der Waals surface area contributed by atoms with Crippen LogP contribution in [-0.4, -0.2) is 6.29 Å². The predicted octanol–water partition coefficient (Wildman–Crippen LogP) is 3.41. The molecule has 0 spiro atoms. The second-order valence-electron chi connectivity index (χ2n) is 3.58. The summed E-state index contributed by atoms with van der Waals surface area (Å²) in [5.41, 5.74) is 0.739. The van der Waals surface area contributed by atoms with Gasteiger partial charge in [-0.3, -0.25) is 0 Å². The maximum Gasteiger partial charge on any atom is 0.127 e. The van der Waals surface area contributed by atoms with Gasteiger partial charge in [0.1, 0.15) is 12.1 Å². The number of halogens is 1. The zero-order valence-electron chi connectivity index (χ0n) is 8.60. The van der Waals surface area contributed by atoms with Gasteiger partial charge in [-0.1, -0.05) is 18.2 Å². The van der Waals surface area contributed by atoms with Crippen LogP contribution in [0.1, 0.15) is 16.4 Å². The van der Waals surface area contributed by atoms with Gasteiger partial charge in [0.15, 0.2) is 0 Å². The van der Waals surface area contributed by atoms with Crippen LogP contribution in [-0.2, 0) is 11.2 Å². The number of aldehydes is 1. The van der Waals surface area contributed by atoms with Crippen molar-refractivity contribution in [1.29, 1.82) is 0 Å². The Hall–Kier alpha value is -1.48. The van der Waals surface area contributed by atoms with Gasteiger partial charge in [-0.05, 0) is 35.6 Å². The molecule has 16 heavy (non-hydrogen) atoms. The molecule has 0 saturated carbocycles. The van der Waals surface area contributed by atoms with Crippen molar-refractivity contribution in [1.82, 2.24) is 0 Å². The fraction of sp³-hybridized carbons (Fsp3) is 0.154. The molecule has 0 radical (unpaired) electrons. The number of thiophene rings is 1. The lowest BCUT2D eigenvalue weighted by Gasteiger charge is -2.09. The molecule has 82 valence electrons. The number of carbonyl (C=O) groups is 1. The molecule has 0 aliphatic heterocycles. The summed E-state index contributed by atoms with van der Waals surface area (Å²) in [5, 5.41) is 1.97. The van der Waals surface area contributed by atoms with E-state index in [9.17, 15) is 9.18 Å². The van der Waals surface area contributed by atoms with Crippen molar-refractivity contribution in [3.05, 3.63) is 58.0 Å². The number of carbonyl (C=O) groups excluding carboxylic acids is 1. The van der Waals surface area contributed by atoms with Crippen molar-refractivity contribution in [2.75, 3.05) is 0 Å². The predicted molar refractivity (Wildman–Crippen MR) is 63.2 cm³/mol. The number of benzene rings is 1. The van der Waals surface area contributed by atoms with Crippen LogP contribution >= 0.6 is 11.3 Å². The second kappa shape index (κ2) is 5.03. The summed E-state index contributed by atoms with van der Waals surface area (Å²) in [7, 11) is 0. The Morgan fingerprint density at radius 1 is 1.31 bits per heavy atom. The highest BCUT2D eigenvalue weighted by Crippen LogP contribution is 2.22. The van der Waals surface area contributed by atoms with E-state index in [0.717, 1.165) is 16.7 Å². The summed E-state index contributed by atoms with van der Waals surface area (Å²) in [6.45, 7) is 0. The van der Waals surface area contributed by atoms with E-state index >= 15 is 0 Å². The Morgan fingerprint density at radius 3 is 2.81 bits per heavy atom. The molecule has 1 aromatic heterocycles. The molecule has 0 aliphatic rings. The van der Waals surface area contributed by atoms with Crippen LogP contribution in [0.3, 0.4) is 0 Å². The van der Waals surface area contributed by atoms with E-state index in [1.807, 2.05) is 17.5 Å². The van der Waals surface area contributed by atoms with Crippen molar-refractivity contribution in [3.8, 4) is 0 Å². The molecule has 2 aromatic rings. The molecule has 1 unspecified atom stereocenters. The van der Waals surface area contributed by atoms with Crippen LogP contribution in [0.15, 0.2) is 41.8 Å². The van der Waals surface area contributed by atoms with E-state index in [0.29, 0.717) is 6.42 Å². The van der Waals surface area contributed by atoms with Gasteiger partial charge in [0.2, 0.25) is 0 Å². The zero-order chi connectivity index (χ0) is 11.4. The number of hydrogen-bond donors (Lipinski definition) is 0. The molecular weight excluding hydrogens is 223 g/mol. The van der Waals surface area contributed by atoms with Crippen LogP contribution in [0.25, 0.3) is 0 Å². The summed E-state index contributed by atoms with van der Waals surface area (Å²) >= 11 is 1.61. The number of hydrogen-bond acceptors (Lipinski definition) is 2. The van der Waals surface area contributed by atoms with E-state index in [4.69, 9.17) is 0 Å². The highest BCUT2D eigenvalue weighted by molar-refractivity contribution is 7.09. The standard InChI is InChI=1S/C13H11FOS/c14-12-4-1-3-10(7-12)11(9-15)8-13-5-2-6-16-13/h1-7,9,11H,8H2. The van der Waals surface area contributed by atoms with Gasteiger partial charge in [-0.2, -0.15) is 0 Å². The Morgan fingerprint density at radius 2 is 2.19 bits per heavy atom. The maximum absolute atomic E-state index is 13.0. The molecule has 1 heterocycles. The highest BCUT2D eigenvalue weighted by atomic mass is 32.1. The monoisotopic (exact) mass is 234 g/mol. The quantitative estimate of drug-likeness (QED) is 0.741. The Bertz CT molecular complexity index is 465. The van der Waals surface area contributed by atoms with Gasteiger partial charge in [-0.15, -0.1) is 11.3 Å². The van der Waals surface area contributed by atoms with Crippen molar-refractivity contribution < 1.29 is 9.18 Å². The van der Waals surface area contributed by atoms with Gasteiger partial charge >= 0.3 is 0 Å². The molecule has 0 saturated heterocycles. The smallest absolute Gasteiger partial charge is 0.127 e. The average Bonchev–Trinajstić information content (AvgIpc) is 2.78. The number of rotatable bonds is 4. The fourth-order valence-corrected chi connectivity index (χ4v) is 2.39. The lowest BCUT2D eigenvalue weighted by atomic mass is 9.96. The van der Waals surface area contributed by atoms with Crippen LogP contribution in [0.4, 0.5) is 4.39 Å². The fourth-order valence-electron chi connectivity index (χ4n) is 1.63. The van der Waals surface area contributed by atoms with Crippen molar-refractivity contribution >= 4 is 17.6 Å². The van der Waals surface area contributed by atoms with E-state index in [1.165, 1.54) is 12.1 Å². The molecule has 0 aliphatic carbocycles. The minimum Gasteiger partial charge on any atom is -0.303 e. The molecular formula is C13H11FOS. The Kier molecular flexibility index (Phi) is 3.47. The average molecular weight is 234 g/mol. The largest absolute Gasteiger partial charge is 0.303 e.